The third kappa shape index (κ3) is 5.84. The van der Waals surface area contributed by atoms with Gasteiger partial charge in [-0.3, -0.25) is 4.79 Å². The van der Waals surface area contributed by atoms with Gasteiger partial charge in [0.05, 0.1) is 12.2 Å². The lowest BCUT2D eigenvalue weighted by atomic mass is 10.2. The van der Waals surface area contributed by atoms with Gasteiger partial charge in [-0.1, -0.05) is 13.8 Å². The molecule has 0 aliphatic heterocycles. The number of carbonyl (C=O) groups is 2. The number of benzene rings is 1. The molecule has 0 aliphatic carbocycles. The summed E-state index contributed by atoms with van der Waals surface area (Å²) in [7, 11) is 0. The van der Waals surface area contributed by atoms with Crippen LogP contribution in [0, 0.1) is 0 Å². The summed E-state index contributed by atoms with van der Waals surface area (Å²) in [5.74, 6) is -0.385. The number of hydrogen-bond acceptors (Lipinski definition) is 4. The monoisotopic (exact) mass is 278 g/mol. The Balaban J connectivity index is 2.45. The lowest BCUT2D eigenvalue weighted by Crippen LogP contribution is -2.21. The van der Waals surface area contributed by atoms with Crippen LogP contribution in [0.4, 0.5) is 5.69 Å². The lowest BCUT2D eigenvalue weighted by Gasteiger charge is -2.07. The first-order valence-corrected chi connectivity index (χ1v) is 6.95. The van der Waals surface area contributed by atoms with E-state index in [1.807, 2.05) is 13.8 Å². The summed E-state index contributed by atoms with van der Waals surface area (Å²) in [6, 6.07) is 6.71. The molecule has 1 aromatic carbocycles. The molecule has 1 aromatic rings. The Morgan fingerprint density at radius 3 is 2.45 bits per heavy atom. The molecule has 2 N–H and O–H groups in total. The summed E-state index contributed by atoms with van der Waals surface area (Å²) in [4.78, 5) is 23.2. The molecule has 0 saturated carbocycles. The van der Waals surface area contributed by atoms with Gasteiger partial charge in [0.2, 0.25) is 5.91 Å². The molecule has 0 atom stereocenters. The van der Waals surface area contributed by atoms with Crippen LogP contribution in [0.3, 0.4) is 0 Å². The Morgan fingerprint density at radius 2 is 1.85 bits per heavy atom. The molecule has 0 aromatic heterocycles. The van der Waals surface area contributed by atoms with E-state index in [0.717, 1.165) is 13.0 Å². The van der Waals surface area contributed by atoms with Crippen molar-refractivity contribution >= 4 is 17.6 Å². The van der Waals surface area contributed by atoms with E-state index in [9.17, 15) is 9.59 Å². The van der Waals surface area contributed by atoms with Gasteiger partial charge in [0.1, 0.15) is 0 Å². The molecule has 0 saturated heterocycles. The average molecular weight is 278 g/mol. The van der Waals surface area contributed by atoms with Crippen molar-refractivity contribution in [2.45, 2.75) is 26.7 Å². The minimum atomic E-state index is -0.336. The minimum Gasteiger partial charge on any atom is -0.462 e. The van der Waals surface area contributed by atoms with E-state index in [4.69, 9.17) is 4.74 Å². The highest BCUT2D eigenvalue weighted by atomic mass is 16.5. The third-order valence-corrected chi connectivity index (χ3v) is 2.62. The Morgan fingerprint density at radius 1 is 1.15 bits per heavy atom. The highest BCUT2D eigenvalue weighted by Crippen LogP contribution is 2.11. The van der Waals surface area contributed by atoms with Crippen molar-refractivity contribution in [1.82, 2.24) is 5.32 Å². The van der Waals surface area contributed by atoms with Crippen LogP contribution in [0.2, 0.25) is 0 Å². The maximum Gasteiger partial charge on any atom is 0.338 e. The van der Waals surface area contributed by atoms with Gasteiger partial charge in [0.25, 0.3) is 0 Å². The number of hydrogen-bond donors (Lipinski definition) is 2. The van der Waals surface area contributed by atoms with Crippen LogP contribution in [-0.4, -0.2) is 31.6 Å². The molecular weight excluding hydrogens is 256 g/mol. The highest BCUT2D eigenvalue weighted by molar-refractivity contribution is 5.93. The fourth-order valence-electron chi connectivity index (χ4n) is 1.57. The van der Waals surface area contributed by atoms with Crippen LogP contribution in [0.1, 0.15) is 37.0 Å². The van der Waals surface area contributed by atoms with Gasteiger partial charge in [0, 0.05) is 18.7 Å². The van der Waals surface area contributed by atoms with Gasteiger partial charge in [0.15, 0.2) is 0 Å². The van der Waals surface area contributed by atoms with Crippen LogP contribution in [0.15, 0.2) is 24.3 Å². The fourth-order valence-corrected chi connectivity index (χ4v) is 1.57. The molecule has 0 unspecified atom stereocenters. The Kier molecular flexibility index (Phi) is 7.35. The van der Waals surface area contributed by atoms with Crippen LogP contribution >= 0.6 is 0 Å². The molecule has 5 heteroatoms. The van der Waals surface area contributed by atoms with Gasteiger partial charge < -0.3 is 15.4 Å². The summed E-state index contributed by atoms with van der Waals surface area (Å²) in [6.07, 6.45) is 1.22. The Bertz CT molecular complexity index is 429. The molecule has 1 amide bonds. The molecule has 0 heterocycles. The molecule has 0 bridgehead atoms. The van der Waals surface area contributed by atoms with E-state index in [1.165, 1.54) is 0 Å². The zero-order valence-electron chi connectivity index (χ0n) is 12.1. The predicted molar refractivity (Wildman–Crippen MR) is 78.8 cm³/mol. The van der Waals surface area contributed by atoms with Crippen LogP contribution in [-0.2, 0) is 9.53 Å². The second-order valence-electron chi connectivity index (χ2n) is 4.36. The van der Waals surface area contributed by atoms with Crippen molar-refractivity contribution in [3.8, 4) is 0 Å². The van der Waals surface area contributed by atoms with Crippen LogP contribution in [0.5, 0.6) is 0 Å². The Hall–Kier alpha value is -1.88. The quantitative estimate of drug-likeness (QED) is 0.565. The van der Waals surface area contributed by atoms with E-state index >= 15 is 0 Å². The number of nitrogens with one attached hydrogen (secondary N) is 2. The summed E-state index contributed by atoms with van der Waals surface area (Å²) in [5.41, 5.74) is 1.17. The van der Waals surface area contributed by atoms with E-state index in [1.54, 1.807) is 24.3 Å². The molecule has 110 valence electrons. The number of ether oxygens (including phenoxy) is 1. The number of esters is 1. The van der Waals surface area contributed by atoms with E-state index in [2.05, 4.69) is 10.6 Å². The normalized spacial score (nSPS) is 10.1. The number of rotatable bonds is 8. The third-order valence-electron chi connectivity index (χ3n) is 2.62. The predicted octanol–water partition coefficient (Wildman–Crippen LogP) is 2.19. The van der Waals surface area contributed by atoms with E-state index in [-0.39, 0.29) is 11.9 Å². The van der Waals surface area contributed by atoms with Gasteiger partial charge in [-0.05, 0) is 37.2 Å². The zero-order valence-corrected chi connectivity index (χ0v) is 12.1. The standard InChI is InChI=1S/C15H22N2O3/c1-3-11-20-15(19)12-5-7-13(8-6-12)17-14(18)9-10-16-4-2/h5-8,16H,3-4,9-11H2,1-2H3,(H,17,18). The van der Waals surface area contributed by atoms with Crippen molar-refractivity contribution in [2.75, 3.05) is 25.0 Å². The smallest absolute Gasteiger partial charge is 0.338 e. The second-order valence-corrected chi connectivity index (χ2v) is 4.36. The van der Waals surface area contributed by atoms with Crippen molar-refractivity contribution < 1.29 is 14.3 Å². The molecule has 1 rings (SSSR count). The van der Waals surface area contributed by atoms with Crippen molar-refractivity contribution in [1.29, 1.82) is 0 Å². The van der Waals surface area contributed by atoms with Crippen molar-refractivity contribution in [2.24, 2.45) is 0 Å². The van der Waals surface area contributed by atoms with E-state index in [0.29, 0.717) is 30.8 Å². The maximum atomic E-state index is 11.6. The fraction of sp³-hybridized carbons (Fsp3) is 0.467. The second kappa shape index (κ2) is 9.09. The molecule has 0 spiro atoms. The lowest BCUT2D eigenvalue weighted by molar-refractivity contribution is -0.116. The number of carbonyl (C=O) groups excluding carboxylic acids is 2. The first-order valence-electron chi connectivity index (χ1n) is 6.95. The number of anilines is 1. The molecule has 0 fully saturated rings. The molecular formula is C15H22N2O3. The van der Waals surface area contributed by atoms with Gasteiger partial charge in [-0.25, -0.2) is 4.79 Å². The zero-order chi connectivity index (χ0) is 14.8. The number of amides is 1. The van der Waals surface area contributed by atoms with Crippen molar-refractivity contribution in [3.05, 3.63) is 29.8 Å². The minimum absolute atomic E-state index is 0.0488. The highest BCUT2D eigenvalue weighted by Gasteiger charge is 2.07. The first kappa shape index (κ1) is 16.2. The van der Waals surface area contributed by atoms with Crippen LogP contribution in [0.25, 0.3) is 0 Å². The summed E-state index contributed by atoms with van der Waals surface area (Å²) < 4.78 is 5.03. The van der Waals surface area contributed by atoms with Gasteiger partial charge in [-0.2, -0.15) is 0 Å². The largest absolute Gasteiger partial charge is 0.462 e. The average Bonchev–Trinajstić information content (AvgIpc) is 2.46. The van der Waals surface area contributed by atoms with Crippen molar-refractivity contribution in [3.63, 3.8) is 0 Å². The summed E-state index contributed by atoms with van der Waals surface area (Å²) >= 11 is 0. The molecule has 20 heavy (non-hydrogen) atoms. The molecule has 0 radical (unpaired) electrons. The van der Waals surface area contributed by atoms with Crippen LogP contribution < -0.4 is 10.6 Å². The SMILES string of the molecule is CCCOC(=O)c1ccc(NC(=O)CCNCC)cc1. The van der Waals surface area contributed by atoms with Gasteiger partial charge in [-0.15, -0.1) is 0 Å². The molecule has 0 aliphatic rings. The topological polar surface area (TPSA) is 67.4 Å². The Labute approximate surface area is 119 Å². The summed E-state index contributed by atoms with van der Waals surface area (Å²) in [6.45, 7) is 5.86. The van der Waals surface area contributed by atoms with E-state index < -0.39 is 0 Å². The first-order chi connectivity index (χ1) is 9.67. The maximum absolute atomic E-state index is 11.6. The van der Waals surface area contributed by atoms with Gasteiger partial charge >= 0.3 is 5.97 Å². The molecule has 5 nitrogen and oxygen atoms in total. The summed E-state index contributed by atoms with van der Waals surface area (Å²) in [5, 5.41) is 5.87.